The van der Waals surface area contributed by atoms with E-state index in [4.69, 9.17) is 5.11 Å². The fourth-order valence-corrected chi connectivity index (χ4v) is 2.85. The van der Waals surface area contributed by atoms with Crippen LogP contribution in [0.4, 0.5) is 4.79 Å². The van der Waals surface area contributed by atoms with Gasteiger partial charge in [-0.1, -0.05) is 0 Å². The van der Waals surface area contributed by atoms with Crippen molar-refractivity contribution in [1.82, 2.24) is 14.7 Å². The van der Waals surface area contributed by atoms with Crippen molar-refractivity contribution in [3.05, 3.63) is 0 Å². The van der Waals surface area contributed by atoms with Gasteiger partial charge in [0.15, 0.2) is 0 Å². The van der Waals surface area contributed by atoms with E-state index in [-0.39, 0.29) is 11.9 Å². The lowest BCUT2D eigenvalue weighted by Crippen LogP contribution is -2.47. The zero-order valence-corrected chi connectivity index (χ0v) is 11.7. The maximum Gasteiger partial charge on any atom is 0.320 e. The monoisotopic (exact) mass is 269 g/mol. The van der Waals surface area contributed by atoms with Crippen molar-refractivity contribution in [3.63, 3.8) is 0 Å². The minimum absolute atomic E-state index is 0.0770. The minimum Gasteiger partial charge on any atom is -0.481 e. The predicted octanol–water partition coefficient (Wildman–Crippen LogP) is 0.539. The molecule has 1 unspecified atom stereocenters. The Morgan fingerprint density at radius 2 is 1.63 bits per heavy atom. The van der Waals surface area contributed by atoms with Gasteiger partial charge in [0.2, 0.25) is 0 Å². The van der Waals surface area contributed by atoms with Crippen molar-refractivity contribution in [3.8, 4) is 0 Å². The molecule has 6 heteroatoms. The fourth-order valence-electron chi connectivity index (χ4n) is 2.85. The van der Waals surface area contributed by atoms with Crippen molar-refractivity contribution < 1.29 is 14.7 Å². The summed E-state index contributed by atoms with van der Waals surface area (Å²) >= 11 is 0. The largest absolute Gasteiger partial charge is 0.481 e. The summed E-state index contributed by atoms with van der Waals surface area (Å²) in [5.41, 5.74) is 0. The summed E-state index contributed by atoms with van der Waals surface area (Å²) in [5, 5.41) is 8.95. The zero-order valence-electron chi connectivity index (χ0n) is 11.7. The quantitative estimate of drug-likeness (QED) is 0.794. The van der Waals surface area contributed by atoms with Crippen molar-refractivity contribution in [1.29, 1.82) is 0 Å². The standard InChI is InChI=1S/C13H23N3O3/c1-14(2)11-5-8-16(9-11)13(19)15-6-3-10(4-7-15)12(17)18/h10-11H,3-9H2,1-2H3,(H,17,18). The van der Waals surface area contributed by atoms with Crippen molar-refractivity contribution in [2.75, 3.05) is 40.3 Å². The van der Waals surface area contributed by atoms with Gasteiger partial charge in [0, 0.05) is 32.2 Å². The topological polar surface area (TPSA) is 64.1 Å². The molecule has 2 rings (SSSR count). The average molecular weight is 269 g/mol. The molecule has 6 nitrogen and oxygen atoms in total. The number of carbonyl (C=O) groups is 2. The molecule has 2 saturated heterocycles. The Balaban J connectivity index is 1.83. The Labute approximate surface area is 114 Å². The number of carboxylic acids is 1. The lowest BCUT2D eigenvalue weighted by molar-refractivity contribution is -0.143. The summed E-state index contributed by atoms with van der Waals surface area (Å²) in [7, 11) is 4.08. The Kier molecular flexibility index (Phi) is 4.29. The molecule has 0 saturated carbocycles. The summed E-state index contributed by atoms with van der Waals surface area (Å²) in [6, 6.07) is 0.522. The van der Waals surface area contributed by atoms with Gasteiger partial charge < -0.3 is 19.8 Å². The van der Waals surface area contributed by atoms with Gasteiger partial charge in [-0.05, 0) is 33.4 Å². The molecule has 0 radical (unpaired) electrons. The first kappa shape index (κ1) is 14.1. The molecule has 0 aromatic rings. The van der Waals surface area contributed by atoms with Crippen molar-refractivity contribution in [2.45, 2.75) is 25.3 Å². The second-order valence-electron chi connectivity index (χ2n) is 5.73. The van der Waals surface area contributed by atoms with Crippen LogP contribution in [0.3, 0.4) is 0 Å². The molecular formula is C13H23N3O3. The number of aliphatic carboxylic acids is 1. The van der Waals surface area contributed by atoms with Crippen LogP contribution in [-0.2, 0) is 4.79 Å². The van der Waals surface area contributed by atoms with E-state index in [1.807, 2.05) is 19.0 Å². The number of rotatable bonds is 2. The summed E-state index contributed by atoms with van der Waals surface area (Å²) < 4.78 is 0. The second-order valence-corrected chi connectivity index (χ2v) is 5.73. The van der Waals surface area contributed by atoms with E-state index in [1.165, 1.54) is 0 Å². The Bertz CT molecular complexity index is 351. The molecule has 1 atom stereocenters. The highest BCUT2D eigenvalue weighted by molar-refractivity contribution is 5.76. The number of hydrogen-bond acceptors (Lipinski definition) is 3. The third-order valence-corrected chi connectivity index (χ3v) is 4.28. The Morgan fingerprint density at radius 3 is 2.11 bits per heavy atom. The molecule has 0 aliphatic carbocycles. The molecule has 0 bridgehead atoms. The van der Waals surface area contributed by atoms with E-state index in [0.717, 1.165) is 19.5 Å². The summed E-state index contributed by atoms with van der Waals surface area (Å²) in [5.74, 6) is -1.02. The van der Waals surface area contributed by atoms with Crippen molar-refractivity contribution in [2.24, 2.45) is 5.92 Å². The minimum atomic E-state index is -0.735. The summed E-state index contributed by atoms with van der Waals surface area (Å²) in [6.07, 6.45) is 2.17. The first-order valence-corrected chi connectivity index (χ1v) is 6.92. The van der Waals surface area contributed by atoms with Gasteiger partial charge in [0.1, 0.15) is 0 Å². The summed E-state index contributed by atoms with van der Waals surface area (Å²) in [4.78, 5) is 29.1. The Hall–Kier alpha value is -1.30. The SMILES string of the molecule is CN(C)C1CCN(C(=O)N2CCC(C(=O)O)CC2)C1. The van der Waals surface area contributed by atoms with E-state index < -0.39 is 5.97 Å². The van der Waals surface area contributed by atoms with Crippen LogP contribution in [0.5, 0.6) is 0 Å². The highest BCUT2D eigenvalue weighted by atomic mass is 16.4. The van der Waals surface area contributed by atoms with E-state index in [0.29, 0.717) is 32.0 Å². The molecule has 0 spiro atoms. The molecule has 0 aromatic carbocycles. The van der Waals surface area contributed by atoms with Gasteiger partial charge in [-0.15, -0.1) is 0 Å². The smallest absolute Gasteiger partial charge is 0.320 e. The highest BCUT2D eigenvalue weighted by Crippen LogP contribution is 2.21. The number of carboxylic acid groups (broad SMARTS) is 1. The number of likely N-dealkylation sites (tertiary alicyclic amines) is 2. The first-order valence-electron chi connectivity index (χ1n) is 6.92. The molecule has 2 amide bonds. The second kappa shape index (κ2) is 5.77. The van der Waals surface area contributed by atoms with Crippen LogP contribution in [0, 0.1) is 5.92 Å². The lowest BCUT2D eigenvalue weighted by Gasteiger charge is -2.33. The van der Waals surface area contributed by atoms with Crippen LogP contribution in [0.1, 0.15) is 19.3 Å². The number of piperidine rings is 1. The van der Waals surface area contributed by atoms with Crippen LogP contribution in [0.25, 0.3) is 0 Å². The summed E-state index contributed by atoms with van der Waals surface area (Å²) in [6.45, 7) is 2.73. The number of urea groups is 1. The average Bonchev–Trinajstić information content (AvgIpc) is 2.87. The van der Waals surface area contributed by atoms with E-state index >= 15 is 0 Å². The Morgan fingerprint density at radius 1 is 1.05 bits per heavy atom. The molecule has 2 heterocycles. The van der Waals surface area contributed by atoms with Crippen LogP contribution in [0.2, 0.25) is 0 Å². The molecule has 1 N–H and O–H groups in total. The maximum atomic E-state index is 12.3. The van der Waals surface area contributed by atoms with E-state index in [9.17, 15) is 9.59 Å². The molecule has 2 fully saturated rings. The number of likely N-dealkylation sites (N-methyl/N-ethyl adjacent to an activating group) is 1. The maximum absolute atomic E-state index is 12.3. The van der Waals surface area contributed by atoms with E-state index in [2.05, 4.69) is 4.90 Å². The lowest BCUT2D eigenvalue weighted by atomic mass is 9.97. The number of nitrogens with zero attached hydrogens (tertiary/aromatic N) is 3. The number of hydrogen-bond donors (Lipinski definition) is 1. The van der Waals surface area contributed by atoms with Crippen molar-refractivity contribution >= 4 is 12.0 Å². The first-order chi connectivity index (χ1) is 8.99. The zero-order chi connectivity index (χ0) is 14.0. The predicted molar refractivity (Wildman–Crippen MR) is 71.0 cm³/mol. The van der Waals surface area contributed by atoms with Gasteiger partial charge in [-0.25, -0.2) is 4.79 Å². The normalized spacial score (nSPS) is 25.1. The molecular weight excluding hydrogens is 246 g/mol. The number of amides is 2. The van der Waals surface area contributed by atoms with Gasteiger partial charge in [0.25, 0.3) is 0 Å². The molecule has 2 aliphatic rings. The van der Waals surface area contributed by atoms with Crippen LogP contribution >= 0.6 is 0 Å². The van der Waals surface area contributed by atoms with Crippen LogP contribution in [0.15, 0.2) is 0 Å². The third kappa shape index (κ3) is 3.18. The molecule has 2 aliphatic heterocycles. The van der Waals surface area contributed by atoms with Gasteiger partial charge in [-0.3, -0.25) is 4.79 Å². The molecule has 0 aromatic heterocycles. The van der Waals surface area contributed by atoms with Gasteiger partial charge >= 0.3 is 12.0 Å². The van der Waals surface area contributed by atoms with Gasteiger partial charge in [-0.2, -0.15) is 0 Å². The third-order valence-electron chi connectivity index (χ3n) is 4.28. The molecule has 108 valence electrons. The highest BCUT2D eigenvalue weighted by Gasteiger charge is 2.33. The van der Waals surface area contributed by atoms with Crippen LogP contribution in [-0.4, -0.2) is 78.1 Å². The van der Waals surface area contributed by atoms with E-state index in [1.54, 1.807) is 4.90 Å². The fraction of sp³-hybridized carbons (Fsp3) is 0.846. The van der Waals surface area contributed by atoms with Gasteiger partial charge in [0.05, 0.1) is 5.92 Å². The number of carbonyl (C=O) groups excluding carboxylic acids is 1. The van der Waals surface area contributed by atoms with Crippen LogP contribution < -0.4 is 0 Å². The molecule has 19 heavy (non-hydrogen) atoms.